The third-order valence-corrected chi connectivity index (χ3v) is 6.22. The van der Waals surface area contributed by atoms with Gasteiger partial charge < -0.3 is 5.32 Å². The molecule has 5 nitrogen and oxygen atoms in total. The van der Waals surface area contributed by atoms with E-state index >= 15 is 0 Å². The van der Waals surface area contributed by atoms with Crippen LogP contribution in [-0.2, 0) is 16.4 Å². The number of sulfonamides is 1. The number of hydrogen-bond donors (Lipinski definition) is 2. The second kappa shape index (κ2) is 9.36. The van der Waals surface area contributed by atoms with Crippen molar-refractivity contribution in [2.45, 2.75) is 11.3 Å². The highest BCUT2D eigenvalue weighted by Crippen LogP contribution is 2.19. The van der Waals surface area contributed by atoms with E-state index in [9.17, 15) is 22.0 Å². The summed E-state index contributed by atoms with van der Waals surface area (Å²) in [6.07, 6.45) is 0.504. The van der Waals surface area contributed by atoms with E-state index < -0.39 is 15.8 Å². The average molecular weight is 495 g/mol. The van der Waals surface area contributed by atoms with Crippen LogP contribution in [0.1, 0.15) is 15.9 Å². The van der Waals surface area contributed by atoms with Gasteiger partial charge >= 0.3 is 0 Å². The van der Waals surface area contributed by atoms with Gasteiger partial charge in [-0.2, -0.15) is 0 Å². The van der Waals surface area contributed by atoms with Crippen LogP contribution in [-0.4, -0.2) is 20.9 Å². The lowest BCUT2D eigenvalue weighted by atomic mass is 10.1. The molecular weight excluding hydrogens is 478 g/mol. The number of carbonyl (C=O) groups is 1. The molecule has 0 aliphatic rings. The summed E-state index contributed by atoms with van der Waals surface area (Å²) < 4.78 is 54.3. The van der Waals surface area contributed by atoms with E-state index in [-0.39, 0.29) is 27.9 Å². The van der Waals surface area contributed by atoms with E-state index in [0.29, 0.717) is 17.4 Å². The van der Waals surface area contributed by atoms with Gasteiger partial charge in [0.15, 0.2) is 0 Å². The van der Waals surface area contributed by atoms with Gasteiger partial charge in [-0.05, 0) is 76.4 Å². The highest BCUT2D eigenvalue weighted by Gasteiger charge is 2.17. The van der Waals surface area contributed by atoms with Crippen molar-refractivity contribution >= 4 is 37.5 Å². The summed E-state index contributed by atoms with van der Waals surface area (Å²) in [5.41, 5.74) is 0.969. The summed E-state index contributed by atoms with van der Waals surface area (Å²) in [7, 11) is -4.00. The molecule has 0 aliphatic carbocycles. The van der Waals surface area contributed by atoms with Crippen LogP contribution in [0, 0.1) is 11.6 Å². The molecule has 0 aliphatic heterocycles. The van der Waals surface area contributed by atoms with Crippen molar-refractivity contribution in [3.63, 3.8) is 0 Å². The Labute approximate surface area is 181 Å². The van der Waals surface area contributed by atoms with Crippen molar-refractivity contribution in [1.82, 2.24) is 5.32 Å². The first-order valence-electron chi connectivity index (χ1n) is 8.86. The lowest BCUT2D eigenvalue weighted by Crippen LogP contribution is -2.25. The Kier molecular flexibility index (Phi) is 6.84. The highest BCUT2D eigenvalue weighted by molar-refractivity contribution is 9.10. The fourth-order valence-electron chi connectivity index (χ4n) is 2.65. The minimum atomic E-state index is -4.00. The Morgan fingerprint density at radius 2 is 1.63 bits per heavy atom. The molecule has 3 aromatic rings. The third-order valence-electron chi connectivity index (χ3n) is 4.23. The Morgan fingerprint density at radius 3 is 2.30 bits per heavy atom. The van der Waals surface area contributed by atoms with Gasteiger partial charge in [0.1, 0.15) is 11.6 Å². The molecule has 0 atom stereocenters. The second-order valence-corrected chi connectivity index (χ2v) is 8.90. The minimum Gasteiger partial charge on any atom is -0.352 e. The highest BCUT2D eigenvalue weighted by atomic mass is 79.9. The Morgan fingerprint density at radius 1 is 0.933 bits per heavy atom. The standard InChI is InChI=1S/C21H17BrF2N2O3S/c22-17-13-14(5-10-18(17)23)11-12-25-21(27)15-6-8-16(9-7-15)30(28,29)26-20-4-2-1-3-19(20)24/h1-10,13,26H,11-12H2,(H,25,27). The summed E-state index contributed by atoms with van der Waals surface area (Å²) in [6.45, 7) is 0.325. The molecule has 0 saturated heterocycles. The average Bonchev–Trinajstić information content (AvgIpc) is 2.72. The summed E-state index contributed by atoms with van der Waals surface area (Å²) in [5, 5.41) is 2.72. The molecule has 0 spiro atoms. The van der Waals surface area contributed by atoms with Crippen LogP contribution in [0.5, 0.6) is 0 Å². The predicted octanol–water partition coefficient (Wildman–Crippen LogP) is 4.50. The van der Waals surface area contributed by atoms with E-state index in [1.807, 2.05) is 0 Å². The number of halogens is 3. The van der Waals surface area contributed by atoms with E-state index in [2.05, 4.69) is 26.0 Å². The van der Waals surface area contributed by atoms with Crippen LogP contribution >= 0.6 is 15.9 Å². The Balaban J connectivity index is 1.61. The first-order valence-corrected chi connectivity index (χ1v) is 11.1. The first-order chi connectivity index (χ1) is 14.3. The molecule has 0 unspecified atom stereocenters. The van der Waals surface area contributed by atoms with Gasteiger partial charge in [0, 0.05) is 12.1 Å². The fourth-order valence-corrected chi connectivity index (χ4v) is 4.14. The number of hydrogen-bond acceptors (Lipinski definition) is 3. The van der Waals surface area contributed by atoms with Gasteiger partial charge in [-0.1, -0.05) is 18.2 Å². The molecule has 9 heteroatoms. The molecule has 0 radical (unpaired) electrons. The van der Waals surface area contributed by atoms with Crippen LogP contribution in [0.2, 0.25) is 0 Å². The number of nitrogens with one attached hydrogen (secondary N) is 2. The molecule has 0 saturated carbocycles. The molecule has 0 heterocycles. The number of anilines is 1. The molecule has 0 fully saturated rings. The number of carbonyl (C=O) groups excluding carboxylic acids is 1. The van der Waals surface area contributed by atoms with Crippen LogP contribution in [0.15, 0.2) is 76.1 Å². The molecule has 156 valence electrons. The van der Waals surface area contributed by atoms with Crippen LogP contribution in [0.4, 0.5) is 14.5 Å². The Bertz CT molecular complexity index is 1170. The summed E-state index contributed by atoms with van der Waals surface area (Å²) in [6, 6.07) is 15.3. The lowest BCUT2D eigenvalue weighted by Gasteiger charge is -2.10. The van der Waals surface area contributed by atoms with Gasteiger partial charge in [0.25, 0.3) is 15.9 Å². The summed E-state index contributed by atoms with van der Waals surface area (Å²) in [5.74, 6) is -1.42. The monoisotopic (exact) mass is 494 g/mol. The van der Waals surface area contributed by atoms with Gasteiger partial charge in [0.05, 0.1) is 15.1 Å². The maximum absolute atomic E-state index is 13.7. The van der Waals surface area contributed by atoms with Gasteiger partial charge in [-0.15, -0.1) is 0 Å². The zero-order valence-electron chi connectivity index (χ0n) is 15.5. The smallest absolute Gasteiger partial charge is 0.261 e. The fraction of sp³-hybridized carbons (Fsp3) is 0.0952. The molecule has 3 rings (SSSR count). The lowest BCUT2D eigenvalue weighted by molar-refractivity contribution is 0.0954. The van der Waals surface area contributed by atoms with Gasteiger partial charge in [0.2, 0.25) is 0 Å². The van der Waals surface area contributed by atoms with Crippen LogP contribution < -0.4 is 10.0 Å². The maximum atomic E-state index is 13.7. The predicted molar refractivity (Wildman–Crippen MR) is 114 cm³/mol. The third kappa shape index (κ3) is 5.43. The second-order valence-electron chi connectivity index (χ2n) is 6.36. The molecule has 0 aromatic heterocycles. The van der Waals surface area contributed by atoms with Crippen LogP contribution in [0.3, 0.4) is 0 Å². The van der Waals surface area contributed by atoms with Crippen molar-refractivity contribution in [2.24, 2.45) is 0 Å². The largest absolute Gasteiger partial charge is 0.352 e. The molecule has 0 bridgehead atoms. The van der Waals surface area contributed by atoms with Crippen molar-refractivity contribution in [2.75, 3.05) is 11.3 Å². The van der Waals surface area contributed by atoms with Crippen molar-refractivity contribution in [3.8, 4) is 0 Å². The van der Waals surface area contributed by atoms with E-state index in [1.165, 1.54) is 48.5 Å². The summed E-state index contributed by atoms with van der Waals surface area (Å²) >= 11 is 3.11. The van der Waals surface area contributed by atoms with Crippen molar-refractivity contribution in [3.05, 3.63) is 94.0 Å². The van der Waals surface area contributed by atoms with Gasteiger partial charge in [-0.3, -0.25) is 9.52 Å². The quantitative estimate of drug-likeness (QED) is 0.507. The van der Waals surface area contributed by atoms with E-state index in [0.717, 1.165) is 11.6 Å². The SMILES string of the molecule is O=C(NCCc1ccc(F)c(Br)c1)c1ccc(S(=O)(=O)Nc2ccccc2F)cc1. The number of rotatable bonds is 7. The van der Waals surface area contributed by atoms with Crippen LogP contribution in [0.25, 0.3) is 0 Å². The number of para-hydroxylation sites is 1. The summed E-state index contributed by atoms with van der Waals surface area (Å²) in [4.78, 5) is 12.2. The van der Waals surface area contributed by atoms with Gasteiger partial charge in [-0.25, -0.2) is 17.2 Å². The number of benzene rings is 3. The first kappa shape index (κ1) is 21.9. The molecule has 30 heavy (non-hydrogen) atoms. The normalized spacial score (nSPS) is 11.2. The molecular formula is C21H17BrF2N2O3S. The van der Waals surface area contributed by atoms with E-state index in [1.54, 1.807) is 12.1 Å². The molecule has 2 N–H and O–H groups in total. The van der Waals surface area contributed by atoms with Crippen molar-refractivity contribution in [1.29, 1.82) is 0 Å². The topological polar surface area (TPSA) is 75.3 Å². The minimum absolute atomic E-state index is 0.0986. The maximum Gasteiger partial charge on any atom is 0.261 e. The number of amides is 1. The zero-order chi connectivity index (χ0) is 21.7. The molecule has 1 amide bonds. The zero-order valence-corrected chi connectivity index (χ0v) is 17.9. The Hall–Kier alpha value is -2.78. The van der Waals surface area contributed by atoms with Crippen molar-refractivity contribution < 1.29 is 22.0 Å². The molecule has 3 aromatic carbocycles. The van der Waals surface area contributed by atoms with E-state index in [4.69, 9.17) is 0 Å².